The molecule has 2 saturated heterocycles. The zero-order valence-electron chi connectivity index (χ0n) is 29.6. The molecule has 250 valence electrons. The molecule has 3 N–H and O–H groups in total. The summed E-state index contributed by atoms with van der Waals surface area (Å²) in [5.74, 6) is -0.650. The zero-order valence-corrected chi connectivity index (χ0v) is 29.6. The summed E-state index contributed by atoms with van der Waals surface area (Å²) in [5.41, 5.74) is -4.40. The van der Waals surface area contributed by atoms with Crippen molar-refractivity contribution in [3.05, 3.63) is 0 Å². The predicted molar refractivity (Wildman–Crippen MR) is 169 cm³/mol. The van der Waals surface area contributed by atoms with Crippen LogP contribution in [0.3, 0.4) is 0 Å². The Morgan fingerprint density at radius 1 is 0.837 bits per heavy atom. The first-order chi connectivity index (χ1) is 19.5. The van der Waals surface area contributed by atoms with Crippen LogP contribution in [-0.2, 0) is 24.1 Å². The number of rotatable bonds is 12. The van der Waals surface area contributed by atoms with Gasteiger partial charge >= 0.3 is 0 Å². The summed E-state index contributed by atoms with van der Waals surface area (Å²) in [6, 6.07) is 0. The molecule has 43 heavy (non-hydrogen) atoms. The van der Waals surface area contributed by atoms with Crippen molar-refractivity contribution in [1.82, 2.24) is 20.8 Å². The van der Waals surface area contributed by atoms with Crippen molar-refractivity contribution >= 4 is 17.6 Å². The Bertz CT molecular complexity index is 1030. The van der Waals surface area contributed by atoms with E-state index in [0.717, 1.165) is 6.42 Å². The van der Waals surface area contributed by atoms with Crippen LogP contribution in [0.4, 0.5) is 0 Å². The lowest BCUT2D eigenvalue weighted by atomic mass is 9.70. The number of nitrogens with one attached hydrogen (secondary N) is 2. The highest BCUT2D eigenvalue weighted by molar-refractivity contribution is 5.86. The SMILES string of the molecule is CCC1(C)CC(=O)C(C)C(C)(CC)N1OC(C)(C)C(=O)NCCNC(=O)C(C)(C)ON1C(C)(C)CC(O)C(C)C1(C)CC. The van der Waals surface area contributed by atoms with Crippen LogP contribution >= 0.6 is 0 Å². The van der Waals surface area contributed by atoms with E-state index in [9.17, 15) is 19.5 Å². The normalized spacial score (nSPS) is 34.2. The third kappa shape index (κ3) is 7.29. The summed E-state index contributed by atoms with van der Waals surface area (Å²) >= 11 is 0. The number of hydrogen-bond acceptors (Lipinski definition) is 8. The molecule has 2 aliphatic rings. The van der Waals surface area contributed by atoms with Gasteiger partial charge in [-0.3, -0.25) is 24.1 Å². The minimum absolute atomic E-state index is 0.0378. The van der Waals surface area contributed by atoms with Crippen molar-refractivity contribution in [1.29, 1.82) is 0 Å². The van der Waals surface area contributed by atoms with E-state index in [2.05, 4.69) is 24.5 Å². The molecular formula is C33H62N4O6. The lowest BCUT2D eigenvalue weighted by molar-refractivity contribution is -0.344. The summed E-state index contributed by atoms with van der Waals surface area (Å²) in [5, 5.41) is 20.4. The summed E-state index contributed by atoms with van der Waals surface area (Å²) in [6.07, 6.45) is 2.59. The fraction of sp³-hybridized carbons (Fsp3) is 0.909. The first-order valence-electron chi connectivity index (χ1n) is 16.3. The second-order valence-corrected chi connectivity index (χ2v) is 15.3. The minimum atomic E-state index is -1.20. The number of piperidine rings is 2. The lowest BCUT2D eigenvalue weighted by Gasteiger charge is -2.58. The molecule has 0 bridgehead atoms. The number of aliphatic hydroxyl groups is 1. The number of aliphatic hydroxyl groups excluding tert-OH is 1. The Labute approximate surface area is 260 Å². The number of ketones is 1. The van der Waals surface area contributed by atoms with E-state index in [0.29, 0.717) is 25.7 Å². The van der Waals surface area contributed by atoms with Gasteiger partial charge in [0.2, 0.25) is 0 Å². The van der Waals surface area contributed by atoms with Crippen LogP contribution in [0.1, 0.15) is 129 Å². The van der Waals surface area contributed by atoms with Gasteiger partial charge in [-0.05, 0) is 88.0 Å². The molecule has 2 aliphatic heterocycles. The number of hydrogen-bond donors (Lipinski definition) is 3. The molecule has 2 fully saturated rings. The maximum atomic E-state index is 13.3. The Kier molecular flexibility index (Phi) is 11.4. The molecule has 10 nitrogen and oxygen atoms in total. The maximum Gasteiger partial charge on any atom is 0.253 e. The van der Waals surface area contributed by atoms with Gasteiger partial charge in [0.25, 0.3) is 11.8 Å². The Morgan fingerprint density at radius 3 is 1.70 bits per heavy atom. The molecule has 0 aromatic heterocycles. The van der Waals surface area contributed by atoms with Crippen LogP contribution in [0.5, 0.6) is 0 Å². The highest BCUT2D eigenvalue weighted by atomic mass is 16.7. The maximum absolute atomic E-state index is 13.3. The van der Waals surface area contributed by atoms with Gasteiger partial charge < -0.3 is 15.7 Å². The van der Waals surface area contributed by atoms with E-state index in [4.69, 9.17) is 9.68 Å². The number of carbonyl (C=O) groups is 3. The van der Waals surface area contributed by atoms with Crippen molar-refractivity contribution in [2.75, 3.05) is 13.1 Å². The molecule has 0 aliphatic carbocycles. The van der Waals surface area contributed by atoms with Gasteiger partial charge in [0, 0.05) is 42.4 Å². The molecule has 2 heterocycles. The number of hydroxylamine groups is 4. The standard InChI is InChI=1S/C33H62N4O6/c1-15-31(12)21-25(39)23(5)33(14,17-3)37(31)43-30(10,11)27(41)35-19-18-34-26(40)29(8,9)42-36-28(6,7)20-24(38)22(4)32(36,13)16-2/h22-24,38H,15-21H2,1-14H3,(H,34,40)(H,35,41). The molecule has 0 aromatic carbocycles. The van der Waals surface area contributed by atoms with Crippen LogP contribution in [0.2, 0.25) is 0 Å². The van der Waals surface area contributed by atoms with Gasteiger partial charge in [-0.25, -0.2) is 0 Å². The summed E-state index contributed by atoms with van der Waals surface area (Å²) in [4.78, 5) is 52.4. The Morgan fingerprint density at radius 2 is 1.28 bits per heavy atom. The van der Waals surface area contributed by atoms with Crippen molar-refractivity contribution in [3.8, 4) is 0 Å². The predicted octanol–water partition coefficient (Wildman–Crippen LogP) is 4.54. The molecule has 6 atom stereocenters. The highest BCUT2D eigenvalue weighted by Crippen LogP contribution is 2.46. The molecule has 0 saturated carbocycles. The monoisotopic (exact) mass is 610 g/mol. The number of Topliss-reactive ketones (excluding diaryl/α,β-unsaturated/α-hetero) is 1. The first kappa shape index (κ1) is 37.6. The van der Waals surface area contributed by atoms with E-state index in [1.54, 1.807) is 27.7 Å². The quantitative estimate of drug-likeness (QED) is 0.276. The molecule has 0 aromatic rings. The average Bonchev–Trinajstić information content (AvgIpc) is 2.93. The van der Waals surface area contributed by atoms with E-state index in [1.807, 2.05) is 65.5 Å². The largest absolute Gasteiger partial charge is 0.393 e. The minimum Gasteiger partial charge on any atom is -0.393 e. The highest BCUT2D eigenvalue weighted by Gasteiger charge is 2.56. The summed E-state index contributed by atoms with van der Waals surface area (Å²) in [6.45, 7) is 27.7. The van der Waals surface area contributed by atoms with E-state index < -0.39 is 39.5 Å². The van der Waals surface area contributed by atoms with Gasteiger partial charge in [0.05, 0.1) is 17.2 Å². The molecule has 0 spiro atoms. The van der Waals surface area contributed by atoms with Gasteiger partial charge in [-0.15, -0.1) is 0 Å². The zero-order chi connectivity index (χ0) is 33.4. The average molecular weight is 611 g/mol. The summed E-state index contributed by atoms with van der Waals surface area (Å²) in [7, 11) is 0. The molecule has 10 heteroatoms. The van der Waals surface area contributed by atoms with Crippen LogP contribution < -0.4 is 10.6 Å². The van der Waals surface area contributed by atoms with Gasteiger partial charge in [0.15, 0.2) is 11.2 Å². The van der Waals surface area contributed by atoms with Crippen LogP contribution in [0.25, 0.3) is 0 Å². The van der Waals surface area contributed by atoms with E-state index in [-0.39, 0.29) is 42.5 Å². The van der Waals surface area contributed by atoms with E-state index >= 15 is 0 Å². The summed E-state index contributed by atoms with van der Waals surface area (Å²) < 4.78 is 0. The number of nitrogens with zero attached hydrogens (tertiary/aromatic N) is 2. The van der Waals surface area contributed by atoms with Gasteiger partial charge in [-0.2, -0.15) is 10.1 Å². The smallest absolute Gasteiger partial charge is 0.253 e. The molecule has 2 amide bonds. The van der Waals surface area contributed by atoms with Gasteiger partial charge in [0.1, 0.15) is 5.78 Å². The second kappa shape index (κ2) is 13.0. The third-order valence-corrected chi connectivity index (χ3v) is 10.8. The number of carbonyl (C=O) groups excluding carboxylic acids is 3. The lowest BCUT2D eigenvalue weighted by Crippen LogP contribution is -2.69. The fourth-order valence-electron chi connectivity index (χ4n) is 6.75. The van der Waals surface area contributed by atoms with Crippen LogP contribution in [0, 0.1) is 11.8 Å². The topological polar surface area (TPSA) is 120 Å². The molecule has 6 unspecified atom stereocenters. The van der Waals surface area contributed by atoms with Crippen LogP contribution in [0.15, 0.2) is 0 Å². The fourth-order valence-corrected chi connectivity index (χ4v) is 6.75. The Hall–Kier alpha value is -1.59. The Balaban J connectivity index is 2.04. The van der Waals surface area contributed by atoms with Crippen molar-refractivity contribution in [3.63, 3.8) is 0 Å². The van der Waals surface area contributed by atoms with Crippen LogP contribution in [-0.4, -0.2) is 85.4 Å². The molecule has 2 rings (SSSR count). The first-order valence-corrected chi connectivity index (χ1v) is 16.3. The van der Waals surface area contributed by atoms with Crippen molar-refractivity contribution in [2.45, 2.75) is 168 Å². The molecule has 0 radical (unpaired) electrons. The third-order valence-electron chi connectivity index (χ3n) is 10.8. The van der Waals surface area contributed by atoms with Crippen molar-refractivity contribution < 1.29 is 29.2 Å². The number of amides is 2. The van der Waals surface area contributed by atoms with E-state index in [1.165, 1.54) is 0 Å². The van der Waals surface area contributed by atoms with Gasteiger partial charge in [-0.1, -0.05) is 34.6 Å². The molecular weight excluding hydrogens is 548 g/mol. The second-order valence-electron chi connectivity index (χ2n) is 15.3. The van der Waals surface area contributed by atoms with Crippen molar-refractivity contribution in [2.24, 2.45) is 11.8 Å².